The van der Waals surface area contributed by atoms with Crippen molar-refractivity contribution in [3.63, 3.8) is 0 Å². The second-order valence-corrected chi connectivity index (χ2v) is 9.53. The van der Waals surface area contributed by atoms with E-state index in [4.69, 9.17) is 4.99 Å². The topological polar surface area (TPSA) is 90.9 Å². The minimum atomic E-state index is -1.19. The van der Waals surface area contributed by atoms with Crippen molar-refractivity contribution in [1.29, 1.82) is 0 Å². The number of benzene rings is 3. The van der Waals surface area contributed by atoms with Gasteiger partial charge in [0.25, 0.3) is 5.91 Å². The molecule has 1 heterocycles. The monoisotopic (exact) mass is 494 g/mol. The quantitative estimate of drug-likeness (QED) is 0.490. The third-order valence-electron chi connectivity index (χ3n) is 6.96. The van der Waals surface area contributed by atoms with E-state index in [0.29, 0.717) is 17.0 Å². The Morgan fingerprint density at radius 3 is 2.32 bits per heavy atom. The van der Waals surface area contributed by atoms with Gasteiger partial charge in [0.05, 0.1) is 17.9 Å². The molecule has 1 aliphatic carbocycles. The molecule has 1 atom stereocenters. The summed E-state index contributed by atoms with van der Waals surface area (Å²) in [4.78, 5) is 46.4. The number of aryl methyl sites for hydroxylation is 1. The summed E-state index contributed by atoms with van der Waals surface area (Å²) < 4.78 is 0. The smallest absolute Gasteiger partial charge is 0.317 e. The Kier molecular flexibility index (Phi) is 7.12. The summed E-state index contributed by atoms with van der Waals surface area (Å²) >= 11 is 0. The molecular weight excluding hydrogens is 464 g/mol. The van der Waals surface area contributed by atoms with Crippen LogP contribution in [-0.2, 0) is 4.79 Å². The fourth-order valence-corrected chi connectivity index (χ4v) is 5.05. The Labute approximate surface area is 216 Å². The zero-order chi connectivity index (χ0) is 25.8. The summed E-state index contributed by atoms with van der Waals surface area (Å²) in [6.45, 7) is 1.71. The molecule has 188 valence electrons. The highest BCUT2D eigenvalue weighted by molar-refractivity contribution is 6.21. The number of Topliss-reactive ketones (excluding diaryl/α,β-unsaturated/α-hetero) is 1. The number of rotatable bonds is 6. The molecule has 2 N–H and O–H groups in total. The second kappa shape index (κ2) is 10.8. The molecule has 1 saturated carbocycles. The normalized spacial score (nSPS) is 17.5. The molecule has 0 spiro atoms. The first-order valence-corrected chi connectivity index (χ1v) is 12.7. The minimum Gasteiger partial charge on any atom is -0.335 e. The summed E-state index contributed by atoms with van der Waals surface area (Å²) in [5, 5.41) is 5.76. The Bertz CT molecular complexity index is 1350. The maximum Gasteiger partial charge on any atom is 0.317 e. The maximum atomic E-state index is 13.9. The molecule has 3 amide bonds. The third-order valence-corrected chi connectivity index (χ3v) is 6.96. The lowest BCUT2D eigenvalue weighted by Crippen LogP contribution is -2.52. The van der Waals surface area contributed by atoms with Crippen molar-refractivity contribution in [3.05, 3.63) is 101 Å². The zero-order valence-corrected chi connectivity index (χ0v) is 20.8. The van der Waals surface area contributed by atoms with E-state index in [1.807, 2.05) is 79.7 Å². The molecule has 0 aromatic heterocycles. The number of carbonyl (C=O) groups is 3. The lowest BCUT2D eigenvalue weighted by atomic mass is 9.99. The van der Waals surface area contributed by atoms with Crippen LogP contribution in [0, 0.1) is 6.92 Å². The van der Waals surface area contributed by atoms with E-state index < -0.39 is 18.1 Å². The van der Waals surface area contributed by atoms with Crippen LogP contribution in [0.4, 0.5) is 10.5 Å². The van der Waals surface area contributed by atoms with E-state index >= 15 is 0 Å². The maximum absolute atomic E-state index is 13.9. The molecule has 1 fully saturated rings. The van der Waals surface area contributed by atoms with Gasteiger partial charge < -0.3 is 15.5 Å². The van der Waals surface area contributed by atoms with Crippen molar-refractivity contribution in [2.24, 2.45) is 4.99 Å². The number of fused-ring (bicyclic) bond motifs is 1. The van der Waals surface area contributed by atoms with Crippen LogP contribution < -0.4 is 15.5 Å². The van der Waals surface area contributed by atoms with E-state index in [0.717, 1.165) is 42.4 Å². The average Bonchev–Trinajstić information content (AvgIpc) is 3.39. The van der Waals surface area contributed by atoms with E-state index in [1.165, 1.54) is 4.90 Å². The largest absolute Gasteiger partial charge is 0.335 e. The van der Waals surface area contributed by atoms with Gasteiger partial charge in [-0.1, -0.05) is 85.6 Å². The number of para-hydroxylation sites is 1. The van der Waals surface area contributed by atoms with Crippen molar-refractivity contribution in [2.45, 2.75) is 44.8 Å². The van der Waals surface area contributed by atoms with Gasteiger partial charge in [0.2, 0.25) is 6.17 Å². The van der Waals surface area contributed by atoms with Crippen LogP contribution in [0.1, 0.15) is 52.7 Å². The summed E-state index contributed by atoms with van der Waals surface area (Å²) in [5.41, 5.74) is 4.11. The fourth-order valence-electron chi connectivity index (χ4n) is 5.05. The van der Waals surface area contributed by atoms with Crippen molar-refractivity contribution >= 4 is 29.1 Å². The van der Waals surface area contributed by atoms with E-state index in [9.17, 15) is 14.4 Å². The minimum absolute atomic E-state index is 0.0920. The number of hydrogen-bond donors (Lipinski definition) is 2. The van der Waals surface area contributed by atoms with Crippen LogP contribution in [0.15, 0.2) is 83.9 Å². The SMILES string of the molecule is Cc1ccccc1C(=O)CN1C(=O)[C@H](NC(=O)NC2CCCC2)N=C(c2ccccc2)c2ccccc21. The molecule has 7 nitrogen and oxygen atoms in total. The molecule has 5 rings (SSSR count). The molecule has 1 aliphatic heterocycles. The van der Waals surface area contributed by atoms with Gasteiger partial charge in [-0.3, -0.25) is 9.59 Å². The van der Waals surface area contributed by atoms with Gasteiger partial charge in [-0.05, 0) is 31.4 Å². The van der Waals surface area contributed by atoms with Gasteiger partial charge in [0.15, 0.2) is 5.78 Å². The van der Waals surface area contributed by atoms with Gasteiger partial charge in [-0.2, -0.15) is 0 Å². The average molecular weight is 495 g/mol. The molecule has 0 saturated heterocycles. The number of ketones is 1. The third kappa shape index (κ3) is 5.31. The van der Waals surface area contributed by atoms with Crippen LogP contribution in [0.5, 0.6) is 0 Å². The van der Waals surface area contributed by atoms with Gasteiger partial charge in [0, 0.05) is 22.7 Å². The number of anilines is 1. The van der Waals surface area contributed by atoms with Crippen molar-refractivity contribution in [1.82, 2.24) is 10.6 Å². The summed E-state index contributed by atoms with van der Waals surface area (Å²) in [6, 6.07) is 24.0. The number of aliphatic imine (C=N–C) groups is 1. The Morgan fingerprint density at radius 1 is 0.892 bits per heavy atom. The number of nitrogens with zero attached hydrogens (tertiary/aromatic N) is 2. The number of nitrogens with one attached hydrogen (secondary N) is 2. The van der Waals surface area contributed by atoms with Crippen LogP contribution in [0.3, 0.4) is 0 Å². The molecule has 2 aliphatic rings. The highest BCUT2D eigenvalue weighted by Crippen LogP contribution is 2.29. The molecule has 7 heteroatoms. The molecule has 37 heavy (non-hydrogen) atoms. The van der Waals surface area contributed by atoms with Gasteiger partial charge >= 0.3 is 6.03 Å². The second-order valence-electron chi connectivity index (χ2n) is 9.53. The summed E-state index contributed by atoms with van der Waals surface area (Å²) in [5.74, 6) is -0.638. The van der Waals surface area contributed by atoms with Crippen LogP contribution in [0.2, 0.25) is 0 Å². The van der Waals surface area contributed by atoms with Crippen LogP contribution in [0.25, 0.3) is 0 Å². The molecule has 3 aromatic rings. The first-order chi connectivity index (χ1) is 18.0. The van der Waals surface area contributed by atoms with Crippen LogP contribution in [-0.4, -0.2) is 42.2 Å². The van der Waals surface area contributed by atoms with Crippen LogP contribution >= 0.6 is 0 Å². The standard InChI is InChI=1S/C30H30N4O3/c1-20-11-5-8-16-23(20)26(35)19-34-25-18-10-9-17-24(25)27(21-12-3-2-4-13-21)32-28(29(34)36)33-30(37)31-22-14-6-7-15-22/h2-5,8-13,16-18,22,28H,6-7,14-15,19H2,1H3,(H2,31,33,37)/t28-/m0/s1. The first kappa shape index (κ1) is 24.4. The van der Waals surface area contributed by atoms with E-state index in [-0.39, 0.29) is 18.4 Å². The lowest BCUT2D eigenvalue weighted by Gasteiger charge is -2.25. The van der Waals surface area contributed by atoms with Crippen molar-refractivity contribution in [3.8, 4) is 0 Å². The molecule has 0 radical (unpaired) electrons. The molecule has 0 unspecified atom stereocenters. The van der Waals surface area contributed by atoms with E-state index in [2.05, 4.69) is 10.6 Å². The highest BCUT2D eigenvalue weighted by Gasteiger charge is 2.34. The number of carbonyl (C=O) groups excluding carboxylic acids is 3. The first-order valence-electron chi connectivity index (χ1n) is 12.7. The highest BCUT2D eigenvalue weighted by atomic mass is 16.2. The summed E-state index contributed by atoms with van der Waals surface area (Å²) in [6.07, 6.45) is 2.82. The number of amides is 3. The fraction of sp³-hybridized carbons (Fsp3) is 0.267. The number of urea groups is 1. The van der Waals surface area contributed by atoms with Gasteiger partial charge in [-0.15, -0.1) is 0 Å². The van der Waals surface area contributed by atoms with Gasteiger partial charge in [-0.25, -0.2) is 9.79 Å². The van der Waals surface area contributed by atoms with Crippen molar-refractivity contribution < 1.29 is 14.4 Å². The molecule has 3 aromatic carbocycles. The Balaban J connectivity index is 1.53. The number of hydrogen-bond acceptors (Lipinski definition) is 4. The zero-order valence-electron chi connectivity index (χ0n) is 20.8. The number of benzodiazepines with no additional fused rings is 1. The molecule has 0 bridgehead atoms. The Morgan fingerprint density at radius 2 is 1.57 bits per heavy atom. The van der Waals surface area contributed by atoms with Crippen molar-refractivity contribution in [2.75, 3.05) is 11.4 Å². The predicted octanol–water partition coefficient (Wildman–Crippen LogP) is 4.63. The predicted molar refractivity (Wildman–Crippen MR) is 144 cm³/mol. The van der Waals surface area contributed by atoms with Gasteiger partial charge in [0.1, 0.15) is 0 Å². The summed E-state index contributed by atoms with van der Waals surface area (Å²) in [7, 11) is 0. The lowest BCUT2D eigenvalue weighted by molar-refractivity contribution is -0.120. The van der Waals surface area contributed by atoms with E-state index in [1.54, 1.807) is 6.07 Å². The molecular formula is C30H30N4O3. The Hall–Kier alpha value is -4.26.